The quantitative estimate of drug-likeness (QED) is 0.423. The van der Waals surface area contributed by atoms with Gasteiger partial charge < -0.3 is 9.47 Å². The van der Waals surface area contributed by atoms with Crippen molar-refractivity contribution < 1.29 is 18.7 Å². The summed E-state index contributed by atoms with van der Waals surface area (Å²) in [4.78, 5) is 10.9. The van der Waals surface area contributed by atoms with E-state index in [0.717, 1.165) is 5.56 Å². The molecule has 0 saturated carbocycles. The Bertz CT molecular complexity index is 710. The van der Waals surface area contributed by atoms with Gasteiger partial charge in [0.1, 0.15) is 17.7 Å². The van der Waals surface area contributed by atoms with Crippen molar-refractivity contribution in [3.05, 3.63) is 58.6 Å². The van der Waals surface area contributed by atoms with Crippen molar-refractivity contribution >= 4 is 17.7 Å². The van der Waals surface area contributed by atoms with Crippen LogP contribution in [0.15, 0.2) is 42.5 Å². The predicted molar refractivity (Wildman–Crippen MR) is 94.5 cm³/mol. The smallest absolute Gasteiger partial charge is 0.421 e. The molecule has 134 valence electrons. The summed E-state index contributed by atoms with van der Waals surface area (Å²) >= 11 is 6.04. The molecule has 0 saturated heterocycles. The molecule has 3 N–H and O–H groups in total. The van der Waals surface area contributed by atoms with Crippen molar-refractivity contribution in [1.29, 1.82) is 0 Å². The highest BCUT2D eigenvalue weighted by Gasteiger charge is 2.10. The van der Waals surface area contributed by atoms with Gasteiger partial charge in [0.2, 0.25) is 0 Å². The second-order valence-electron chi connectivity index (χ2n) is 5.37. The zero-order valence-electron chi connectivity index (χ0n) is 13.8. The lowest BCUT2D eigenvalue weighted by molar-refractivity contribution is 0.147. The highest BCUT2D eigenvalue weighted by Crippen LogP contribution is 2.31. The van der Waals surface area contributed by atoms with Crippen LogP contribution in [0.2, 0.25) is 5.02 Å². The molecule has 0 aliphatic rings. The van der Waals surface area contributed by atoms with E-state index in [4.69, 9.17) is 26.9 Å². The van der Waals surface area contributed by atoms with E-state index in [-0.39, 0.29) is 6.61 Å². The number of halogens is 2. The largest absolute Gasteiger partial charge is 0.457 e. The van der Waals surface area contributed by atoms with Gasteiger partial charge in [0, 0.05) is 11.4 Å². The van der Waals surface area contributed by atoms with Crippen molar-refractivity contribution in [2.45, 2.75) is 25.9 Å². The van der Waals surface area contributed by atoms with Gasteiger partial charge in [0.05, 0.1) is 6.61 Å². The van der Waals surface area contributed by atoms with E-state index < -0.39 is 12.3 Å². The van der Waals surface area contributed by atoms with Gasteiger partial charge in [-0.25, -0.2) is 15.0 Å². The molecule has 1 unspecified atom stereocenters. The Morgan fingerprint density at radius 1 is 1.24 bits per heavy atom. The minimum Gasteiger partial charge on any atom is -0.457 e. The molecule has 2 aromatic carbocycles. The van der Waals surface area contributed by atoms with Crippen LogP contribution in [0.5, 0.6) is 11.5 Å². The average molecular weight is 367 g/mol. The molecule has 0 aliphatic heterocycles. The molecule has 0 fully saturated rings. The fourth-order valence-corrected chi connectivity index (χ4v) is 2.46. The van der Waals surface area contributed by atoms with Crippen LogP contribution in [0.4, 0.5) is 9.18 Å². The minimum atomic E-state index is -1.07. The van der Waals surface area contributed by atoms with Crippen LogP contribution in [-0.4, -0.2) is 12.7 Å². The van der Waals surface area contributed by atoms with Crippen LogP contribution in [-0.2, 0) is 11.2 Å². The number of ether oxygens (including phenoxy) is 2. The predicted octanol–water partition coefficient (Wildman–Crippen LogP) is 4.70. The molecule has 0 aliphatic carbocycles. The van der Waals surface area contributed by atoms with Crippen LogP contribution in [0, 0.1) is 0 Å². The van der Waals surface area contributed by atoms with Gasteiger partial charge in [-0.1, -0.05) is 30.7 Å². The number of nitrogens with one attached hydrogen (secondary N) is 1. The first-order valence-corrected chi connectivity index (χ1v) is 8.24. The van der Waals surface area contributed by atoms with E-state index in [1.54, 1.807) is 37.3 Å². The van der Waals surface area contributed by atoms with E-state index in [1.165, 1.54) is 0 Å². The van der Waals surface area contributed by atoms with Crippen molar-refractivity contribution in [3.8, 4) is 11.5 Å². The Balaban J connectivity index is 1.99. The lowest BCUT2D eigenvalue weighted by Crippen LogP contribution is -2.31. The highest BCUT2D eigenvalue weighted by atomic mass is 35.5. The number of nitrogens with two attached hydrogens (primary N) is 1. The Labute approximate surface area is 150 Å². The first-order valence-electron chi connectivity index (χ1n) is 7.86. The first kappa shape index (κ1) is 19.0. The molecule has 2 aromatic rings. The van der Waals surface area contributed by atoms with Gasteiger partial charge in [0.15, 0.2) is 0 Å². The van der Waals surface area contributed by atoms with Gasteiger partial charge in [-0.15, -0.1) is 0 Å². The lowest BCUT2D eigenvalue weighted by Gasteiger charge is -2.11. The third-order valence-electron chi connectivity index (χ3n) is 3.51. The van der Waals surface area contributed by atoms with Crippen molar-refractivity contribution in [3.63, 3.8) is 0 Å². The topological polar surface area (TPSA) is 73.6 Å². The van der Waals surface area contributed by atoms with E-state index in [1.807, 2.05) is 17.6 Å². The van der Waals surface area contributed by atoms with Crippen molar-refractivity contribution in [1.82, 2.24) is 5.43 Å². The first-order chi connectivity index (χ1) is 12.0. The molecular weight excluding hydrogens is 347 g/mol. The summed E-state index contributed by atoms with van der Waals surface area (Å²) in [6.45, 7) is 1.99. The Kier molecular flexibility index (Phi) is 7.03. The van der Waals surface area contributed by atoms with Gasteiger partial charge in [0.25, 0.3) is 0 Å². The number of hydrogen-bond acceptors (Lipinski definition) is 4. The molecule has 0 radical (unpaired) electrons. The molecule has 5 nitrogen and oxygen atoms in total. The minimum absolute atomic E-state index is 0.218. The molecule has 25 heavy (non-hydrogen) atoms. The monoisotopic (exact) mass is 366 g/mol. The van der Waals surface area contributed by atoms with Gasteiger partial charge in [-0.3, -0.25) is 5.43 Å². The van der Waals surface area contributed by atoms with Crippen LogP contribution >= 0.6 is 11.6 Å². The maximum Gasteiger partial charge on any atom is 0.421 e. The van der Waals surface area contributed by atoms with Crippen LogP contribution in [0.25, 0.3) is 0 Å². The summed E-state index contributed by atoms with van der Waals surface area (Å²) in [6.07, 6.45) is -0.822. The molecule has 2 rings (SSSR count). The fraction of sp³-hybridized carbons (Fsp3) is 0.278. The van der Waals surface area contributed by atoms with Gasteiger partial charge in [-0.05, 0) is 47.9 Å². The second-order valence-corrected chi connectivity index (χ2v) is 5.81. The van der Waals surface area contributed by atoms with Gasteiger partial charge in [-0.2, -0.15) is 0 Å². The van der Waals surface area contributed by atoms with Crippen LogP contribution in [0.3, 0.4) is 0 Å². The van der Waals surface area contributed by atoms with E-state index >= 15 is 0 Å². The summed E-state index contributed by atoms with van der Waals surface area (Å²) in [5.41, 5.74) is 3.36. The van der Waals surface area contributed by atoms with E-state index in [9.17, 15) is 9.18 Å². The van der Waals surface area contributed by atoms with Crippen LogP contribution in [0.1, 0.15) is 30.6 Å². The number of amides is 1. The Morgan fingerprint density at radius 2 is 1.96 bits per heavy atom. The molecule has 1 amide bonds. The number of rotatable bonds is 7. The number of carbonyl (C=O) groups is 1. The second kappa shape index (κ2) is 9.25. The highest BCUT2D eigenvalue weighted by molar-refractivity contribution is 6.30. The van der Waals surface area contributed by atoms with Crippen LogP contribution < -0.4 is 16.0 Å². The fourth-order valence-electron chi connectivity index (χ4n) is 2.22. The van der Waals surface area contributed by atoms with Crippen molar-refractivity contribution in [2.24, 2.45) is 5.84 Å². The molecule has 0 aromatic heterocycles. The molecule has 7 heteroatoms. The Hall–Kier alpha value is -2.31. The SMILES string of the molecule is CCC(F)c1cc(Cl)cc(Oc2ccc(CCOC(=O)NN)cc2)c1. The third-order valence-corrected chi connectivity index (χ3v) is 3.73. The third kappa shape index (κ3) is 5.92. The number of carbonyl (C=O) groups excluding carboxylic acids is 1. The summed E-state index contributed by atoms with van der Waals surface area (Å²) in [6, 6.07) is 12.2. The molecule has 0 heterocycles. The molecule has 0 bridgehead atoms. The zero-order valence-corrected chi connectivity index (χ0v) is 14.6. The number of hydrazine groups is 1. The number of hydrogen-bond donors (Lipinski definition) is 2. The summed E-state index contributed by atoms with van der Waals surface area (Å²) in [5.74, 6) is 6.00. The number of alkyl halides is 1. The average Bonchev–Trinajstić information content (AvgIpc) is 2.61. The summed E-state index contributed by atoms with van der Waals surface area (Å²) in [5, 5.41) is 0.426. The normalized spacial score (nSPS) is 11.7. The molecule has 0 spiro atoms. The summed E-state index contributed by atoms with van der Waals surface area (Å²) < 4.78 is 24.4. The lowest BCUT2D eigenvalue weighted by atomic mass is 10.1. The maximum atomic E-state index is 13.9. The standard InChI is InChI=1S/C18H20ClFN2O3/c1-2-17(20)13-9-14(19)11-16(10-13)25-15-5-3-12(4-6-15)7-8-24-18(23)22-21/h3-6,9-11,17H,2,7-8,21H2,1H3,(H,22,23). The molecule has 1 atom stereocenters. The summed E-state index contributed by atoms with van der Waals surface area (Å²) in [7, 11) is 0. The Morgan fingerprint density at radius 3 is 2.60 bits per heavy atom. The maximum absolute atomic E-state index is 13.9. The molecular formula is C18H20ClFN2O3. The zero-order chi connectivity index (χ0) is 18.2. The van der Waals surface area contributed by atoms with E-state index in [0.29, 0.717) is 34.9 Å². The van der Waals surface area contributed by atoms with Crippen molar-refractivity contribution in [2.75, 3.05) is 6.61 Å². The van der Waals surface area contributed by atoms with E-state index in [2.05, 4.69) is 0 Å². The number of benzene rings is 2. The van der Waals surface area contributed by atoms with Gasteiger partial charge >= 0.3 is 6.09 Å².